The van der Waals surface area contributed by atoms with Crippen LogP contribution in [0.15, 0.2) is 41.3 Å². The van der Waals surface area contributed by atoms with Crippen LogP contribution in [0.4, 0.5) is 5.69 Å². The number of rotatable bonds is 4. The summed E-state index contributed by atoms with van der Waals surface area (Å²) in [6.45, 7) is 0.442. The van der Waals surface area contributed by atoms with Gasteiger partial charge in [-0.05, 0) is 40.2 Å². The molecule has 2 rings (SSSR count). The van der Waals surface area contributed by atoms with Crippen LogP contribution in [-0.4, -0.2) is 16.5 Å². The molecule has 18 heavy (non-hydrogen) atoms. The molecular formula is C12H12BrClN4. The summed E-state index contributed by atoms with van der Waals surface area (Å²) in [4.78, 5) is 8.08. The van der Waals surface area contributed by atoms with E-state index < -0.39 is 0 Å². The highest BCUT2D eigenvalue weighted by Gasteiger charge is 2.11. The van der Waals surface area contributed by atoms with Gasteiger partial charge in [-0.2, -0.15) is 0 Å². The zero-order chi connectivity index (χ0) is 13.0. The van der Waals surface area contributed by atoms with E-state index in [1.165, 1.54) is 6.33 Å². The van der Waals surface area contributed by atoms with E-state index in [4.69, 9.17) is 17.3 Å². The summed E-state index contributed by atoms with van der Waals surface area (Å²) < 4.78 is 0.840. The summed E-state index contributed by atoms with van der Waals surface area (Å²) in [6, 6.07) is 7.42. The first-order valence-electron chi connectivity index (χ1n) is 5.38. The van der Waals surface area contributed by atoms with E-state index in [1.54, 1.807) is 6.20 Å². The van der Waals surface area contributed by atoms with Crippen LogP contribution in [0.25, 0.3) is 0 Å². The lowest BCUT2D eigenvalue weighted by atomic mass is 10.2. The fourth-order valence-electron chi connectivity index (χ4n) is 1.55. The summed E-state index contributed by atoms with van der Waals surface area (Å²) in [6.07, 6.45) is 3.21. The van der Waals surface area contributed by atoms with Gasteiger partial charge in [-0.1, -0.05) is 11.6 Å². The second-order valence-corrected chi connectivity index (χ2v) is 4.96. The fourth-order valence-corrected chi connectivity index (χ4v) is 2.04. The second kappa shape index (κ2) is 6.13. The Kier molecular flexibility index (Phi) is 4.52. The molecule has 1 heterocycles. The van der Waals surface area contributed by atoms with E-state index in [0.717, 1.165) is 15.9 Å². The molecular weight excluding hydrogens is 316 g/mol. The molecule has 0 fully saturated rings. The summed E-state index contributed by atoms with van der Waals surface area (Å²) in [7, 11) is 0. The Morgan fingerprint density at radius 3 is 2.83 bits per heavy atom. The maximum Gasteiger partial charge on any atom is 0.115 e. The molecule has 0 saturated carbocycles. The molecule has 0 aliphatic carbocycles. The Morgan fingerprint density at radius 1 is 1.39 bits per heavy atom. The summed E-state index contributed by atoms with van der Waals surface area (Å²) >= 11 is 9.33. The van der Waals surface area contributed by atoms with Gasteiger partial charge in [0.25, 0.3) is 0 Å². The highest BCUT2D eigenvalue weighted by molar-refractivity contribution is 9.10. The summed E-state index contributed by atoms with van der Waals surface area (Å²) in [5, 5.41) is 3.98. The number of nitrogens with zero attached hydrogens (tertiary/aromatic N) is 2. The predicted molar refractivity (Wildman–Crippen MR) is 76.6 cm³/mol. The minimum atomic E-state index is -0.0546. The van der Waals surface area contributed by atoms with E-state index in [1.807, 2.05) is 24.3 Å². The molecule has 1 aromatic heterocycles. The third kappa shape index (κ3) is 3.19. The molecule has 0 saturated heterocycles. The number of nitrogens with one attached hydrogen (secondary N) is 1. The van der Waals surface area contributed by atoms with Crippen molar-refractivity contribution < 1.29 is 0 Å². The van der Waals surface area contributed by atoms with E-state index in [2.05, 4.69) is 31.2 Å². The van der Waals surface area contributed by atoms with Gasteiger partial charge in [0.15, 0.2) is 0 Å². The lowest BCUT2D eigenvalue weighted by Crippen LogP contribution is -2.21. The van der Waals surface area contributed by atoms with Gasteiger partial charge in [-0.3, -0.25) is 0 Å². The molecule has 0 radical (unpaired) electrons. The van der Waals surface area contributed by atoms with Gasteiger partial charge in [0.05, 0.1) is 16.8 Å². The SMILES string of the molecule is NCC(Nc1ccc(Cl)c(Br)c1)c1ccncn1. The second-order valence-electron chi connectivity index (χ2n) is 3.70. The highest BCUT2D eigenvalue weighted by atomic mass is 79.9. The van der Waals surface area contributed by atoms with Crippen LogP contribution in [-0.2, 0) is 0 Å². The largest absolute Gasteiger partial charge is 0.375 e. The monoisotopic (exact) mass is 326 g/mol. The van der Waals surface area contributed by atoms with Crippen LogP contribution in [0.3, 0.4) is 0 Å². The number of nitrogens with two attached hydrogens (primary N) is 1. The topological polar surface area (TPSA) is 63.8 Å². The van der Waals surface area contributed by atoms with Crippen molar-refractivity contribution in [3.8, 4) is 0 Å². The normalized spacial score (nSPS) is 12.2. The molecule has 1 unspecified atom stereocenters. The van der Waals surface area contributed by atoms with Crippen molar-refractivity contribution in [3.05, 3.63) is 52.0 Å². The molecule has 0 aliphatic heterocycles. The Hall–Kier alpha value is -1.17. The first kappa shape index (κ1) is 13.3. The van der Waals surface area contributed by atoms with E-state index >= 15 is 0 Å². The maximum absolute atomic E-state index is 5.95. The van der Waals surface area contributed by atoms with Gasteiger partial charge in [0.2, 0.25) is 0 Å². The number of hydrogen-bond donors (Lipinski definition) is 2. The fraction of sp³-hybridized carbons (Fsp3) is 0.167. The number of benzene rings is 1. The number of aromatic nitrogens is 2. The van der Waals surface area contributed by atoms with Crippen molar-refractivity contribution >= 4 is 33.2 Å². The molecule has 2 aromatic rings. The van der Waals surface area contributed by atoms with Crippen LogP contribution in [0.1, 0.15) is 11.7 Å². The van der Waals surface area contributed by atoms with E-state index in [9.17, 15) is 0 Å². The van der Waals surface area contributed by atoms with E-state index in [-0.39, 0.29) is 6.04 Å². The minimum Gasteiger partial charge on any atom is -0.375 e. The van der Waals surface area contributed by atoms with Crippen molar-refractivity contribution in [1.82, 2.24) is 9.97 Å². The highest BCUT2D eigenvalue weighted by Crippen LogP contribution is 2.27. The third-order valence-electron chi connectivity index (χ3n) is 2.46. The summed E-state index contributed by atoms with van der Waals surface area (Å²) in [5.41, 5.74) is 7.55. The molecule has 4 nitrogen and oxygen atoms in total. The van der Waals surface area contributed by atoms with Gasteiger partial charge < -0.3 is 11.1 Å². The quantitative estimate of drug-likeness (QED) is 0.906. The molecule has 1 atom stereocenters. The van der Waals surface area contributed by atoms with Crippen molar-refractivity contribution in [2.24, 2.45) is 5.73 Å². The first-order chi connectivity index (χ1) is 8.70. The lowest BCUT2D eigenvalue weighted by Gasteiger charge is -2.17. The van der Waals surface area contributed by atoms with Gasteiger partial charge in [-0.15, -0.1) is 0 Å². The molecule has 0 aliphatic rings. The first-order valence-corrected chi connectivity index (χ1v) is 6.55. The Morgan fingerprint density at radius 2 is 2.22 bits per heavy atom. The van der Waals surface area contributed by atoms with Crippen molar-refractivity contribution in [1.29, 1.82) is 0 Å². The Labute approximate surface area is 119 Å². The van der Waals surface area contributed by atoms with Crippen molar-refractivity contribution in [3.63, 3.8) is 0 Å². The number of hydrogen-bond acceptors (Lipinski definition) is 4. The smallest absolute Gasteiger partial charge is 0.115 e. The molecule has 0 bridgehead atoms. The maximum atomic E-state index is 5.95. The minimum absolute atomic E-state index is 0.0546. The molecule has 0 amide bonds. The van der Waals surface area contributed by atoms with Gasteiger partial charge in [-0.25, -0.2) is 9.97 Å². The summed E-state index contributed by atoms with van der Waals surface area (Å²) in [5.74, 6) is 0. The lowest BCUT2D eigenvalue weighted by molar-refractivity contribution is 0.755. The van der Waals surface area contributed by atoms with Crippen LogP contribution >= 0.6 is 27.5 Å². The molecule has 0 spiro atoms. The van der Waals surface area contributed by atoms with Crippen LogP contribution in [0.5, 0.6) is 0 Å². The standard InChI is InChI=1S/C12H12BrClN4/c13-9-5-8(1-2-10(9)14)18-12(6-15)11-3-4-16-7-17-11/h1-5,7,12,18H,6,15H2. The van der Waals surface area contributed by atoms with Gasteiger partial charge in [0.1, 0.15) is 6.33 Å². The Balaban J connectivity index is 2.18. The molecule has 3 N–H and O–H groups in total. The predicted octanol–water partition coefficient (Wildman–Crippen LogP) is 3.00. The van der Waals surface area contributed by atoms with Crippen molar-refractivity contribution in [2.75, 3.05) is 11.9 Å². The molecule has 6 heteroatoms. The van der Waals surface area contributed by atoms with Gasteiger partial charge >= 0.3 is 0 Å². The Bertz CT molecular complexity index is 521. The molecule has 1 aromatic carbocycles. The average molecular weight is 328 g/mol. The third-order valence-corrected chi connectivity index (χ3v) is 3.67. The average Bonchev–Trinajstić information content (AvgIpc) is 2.41. The zero-order valence-electron chi connectivity index (χ0n) is 9.48. The van der Waals surface area contributed by atoms with Crippen LogP contribution in [0, 0.1) is 0 Å². The van der Waals surface area contributed by atoms with Crippen LogP contribution in [0.2, 0.25) is 5.02 Å². The zero-order valence-corrected chi connectivity index (χ0v) is 11.8. The van der Waals surface area contributed by atoms with Gasteiger partial charge in [0, 0.05) is 22.9 Å². The number of anilines is 1. The van der Waals surface area contributed by atoms with Crippen LogP contribution < -0.4 is 11.1 Å². The number of halogens is 2. The van der Waals surface area contributed by atoms with E-state index in [0.29, 0.717) is 11.6 Å². The van der Waals surface area contributed by atoms with Crippen molar-refractivity contribution in [2.45, 2.75) is 6.04 Å². The molecule has 94 valence electrons.